The van der Waals surface area contributed by atoms with Gasteiger partial charge in [-0.2, -0.15) is 0 Å². The van der Waals surface area contributed by atoms with Crippen LogP contribution in [-0.2, 0) is 68.6 Å². The molecule has 15 N–H and O–H groups in total. The maximum atomic E-state index is 10.9. The van der Waals surface area contributed by atoms with E-state index in [1.165, 1.54) is 5.56 Å². The molecule has 0 unspecified atom stereocenters. The fraction of sp³-hybridized carbons (Fsp3) is 0.238. The third kappa shape index (κ3) is 23.4. The van der Waals surface area contributed by atoms with Crippen LogP contribution in [0, 0.1) is 111 Å². The number of aryl methyl sites for hydroxylation is 10. The van der Waals surface area contributed by atoms with Crippen LogP contribution < -0.4 is 0 Å². The minimum atomic E-state index is -0.470. The summed E-state index contributed by atoms with van der Waals surface area (Å²) in [6.45, 7) is 38.0. The molecule has 0 fully saturated rings. The van der Waals surface area contributed by atoms with Gasteiger partial charge < -0.3 is 76.6 Å². The maximum absolute atomic E-state index is 10.9. The molecule has 0 spiro atoms. The minimum Gasteiger partial charge on any atom is -0.508 e. The summed E-state index contributed by atoms with van der Waals surface area (Å²) in [4.78, 5) is 0. The van der Waals surface area contributed by atoms with Gasteiger partial charge in [0.05, 0.1) is 0 Å². The van der Waals surface area contributed by atoms with E-state index in [9.17, 15) is 76.6 Å². The van der Waals surface area contributed by atoms with Crippen molar-refractivity contribution in [3.63, 3.8) is 0 Å². The van der Waals surface area contributed by atoms with Gasteiger partial charge in [-0.05, 0) is 394 Å². The Morgan fingerprint density at radius 3 is 0.617 bits per heavy atom. The zero-order valence-corrected chi connectivity index (χ0v) is 84.3. The summed E-state index contributed by atoms with van der Waals surface area (Å²) in [6, 6.07) is 79.1. The molecular formula is C126H132O15. The van der Waals surface area contributed by atoms with Crippen LogP contribution in [0.5, 0.6) is 86.2 Å². The lowest BCUT2D eigenvalue weighted by molar-refractivity contribution is 0.459. The summed E-state index contributed by atoms with van der Waals surface area (Å²) < 4.78 is 0. The predicted octanol–water partition coefficient (Wildman–Crippen LogP) is 27.3. The van der Waals surface area contributed by atoms with Crippen LogP contribution in [0.25, 0.3) is 0 Å². The molecule has 0 saturated carbocycles. The van der Waals surface area contributed by atoms with Gasteiger partial charge in [0.15, 0.2) is 0 Å². The van der Waals surface area contributed by atoms with Crippen molar-refractivity contribution >= 4 is 0 Å². The predicted molar refractivity (Wildman–Crippen MR) is 567 cm³/mol. The Labute approximate surface area is 829 Å². The van der Waals surface area contributed by atoms with Crippen molar-refractivity contribution in [1.82, 2.24) is 0 Å². The smallest absolute Gasteiger partial charge is 0.122 e. The summed E-state index contributed by atoms with van der Waals surface area (Å²) in [7, 11) is 0. The SMILES string of the molecule is CC(C)(c1ccc(O)cc1)c1ccc(C(C)(c2ccc(O)cc2)c2ccc(O)cc2)cc1.Cc1cc(Cc2c(C)c(Cc3cc(C)c(O)c(Cc4ccc(O)c(C)c4)c3C)cc(C)c2O)ccc1O.Cc1cc(Cc2cc(C)c(O)c(Cc3ccc(O)cc3)c2C)c(C)c(Cc2ccc(O)cc2)c1O.Cc1ccc(O)c(Cc2c(C)c(Cc3cc(C)c(O)c(Cc4cc(C)ccc4O)c3C)cc(C)c2O)c1. The largest absolute Gasteiger partial charge is 0.508 e. The molecule has 0 heterocycles. The van der Waals surface area contributed by atoms with Gasteiger partial charge in [-0.3, -0.25) is 0 Å². The van der Waals surface area contributed by atoms with Crippen LogP contribution in [0.3, 0.4) is 0 Å². The average molecular weight is 1890 g/mol. The van der Waals surface area contributed by atoms with Gasteiger partial charge in [-0.25, -0.2) is 0 Å². The highest BCUT2D eigenvalue weighted by molar-refractivity contribution is 5.63. The van der Waals surface area contributed by atoms with Crippen LogP contribution in [0.2, 0.25) is 0 Å². The number of rotatable bonds is 23. The molecule has 0 aliphatic heterocycles. The second-order valence-electron chi connectivity index (χ2n) is 39.2. The van der Waals surface area contributed by atoms with E-state index < -0.39 is 5.41 Å². The molecule has 0 aromatic heterocycles. The van der Waals surface area contributed by atoms with Gasteiger partial charge in [-0.1, -0.05) is 195 Å². The first-order chi connectivity index (χ1) is 66.8. The summed E-state index contributed by atoms with van der Waals surface area (Å²) in [6.07, 6.45) is 5.18. The Bertz CT molecular complexity index is 6910. The van der Waals surface area contributed by atoms with Crippen molar-refractivity contribution in [2.75, 3.05) is 0 Å². The van der Waals surface area contributed by atoms with E-state index in [-0.39, 0.29) is 68.7 Å². The van der Waals surface area contributed by atoms with Crippen LogP contribution in [0.4, 0.5) is 0 Å². The first kappa shape index (κ1) is 103. The number of aromatic hydroxyl groups is 15. The topological polar surface area (TPSA) is 303 Å². The number of benzene rings is 16. The summed E-state index contributed by atoms with van der Waals surface area (Å²) in [5.41, 5.74) is 37.3. The molecule has 0 saturated heterocycles. The highest BCUT2D eigenvalue weighted by atomic mass is 16.3. The van der Waals surface area contributed by atoms with Crippen LogP contribution >= 0.6 is 0 Å². The minimum absolute atomic E-state index is 0.223. The molecule has 16 aromatic carbocycles. The van der Waals surface area contributed by atoms with E-state index in [0.29, 0.717) is 80.8 Å². The maximum Gasteiger partial charge on any atom is 0.122 e. The van der Waals surface area contributed by atoms with Gasteiger partial charge in [0, 0.05) is 82.7 Å². The van der Waals surface area contributed by atoms with E-state index in [4.69, 9.17) is 0 Å². The summed E-state index contributed by atoms with van der Waals surface area (Å²) in [5.74, 6) is 3.92. The van der Waals surface area contributed by atoms with E-state index >= 15 is 0 Å². The normalized spacial score (nSPS) is 11.3. The van der Waals surface area contributed by atoms with Gasteiger partial charge >= 0.3 is 0 Å². The Kier molecular flexibility index (Phi) is 31.6. The molecule has 0 bridgehead atoms. The first-order valence-electron chi connectivity index (χ1n) is 47.8. The number of phenolic OH excluding ortho intramolecular Hbond substituents is 15. The third-order valence-electron chi connectivity index (χ3n) is 28.8. The van der Waals surface area contributed by atoms with Crippen molar-refractivity contribution in [3.8, 4) is 86.2 Å². The van der Waals surface area contributed by atoms with E-state index in [0.717, 1.165) is 211 Å². The molecule has 0 amide bonds. The standard InChI is InChI=1S/2C33H36O4.C31H32O4.C29H28O3/c1-18-11-24(7-9-30(18)34)15-28-22(5)26(13-20(3)32(28)36)17-27-14-21(4)33(37)29(23(27)6)16-25-8-10-31(35)19(2)12-25;1-18-7-9-30(34)26(11-18)16-28-22(5)24(13-20(3)32(28)36)15-25-14-21(4)33(37)29(23(25)6)17-27-12-19(2)8-10-31(27)35;1-18-13-24(20(3)28(30(18)34)15-22-5-9-26(32)10-6-22)17-25-14-19(2)31(35)29(21(25)4)16-23-7-11-27(33)12-8-23;1-28(2,21-8-14-25(30)15-9-21)20-4-6-22(7-5-20)29(3,23-10-16-26(31)17-11-23)24-12-18-27(32)19-13-24/h2*7-14,34-37H,15-17H2,1-6H3;5-14,32-35H,15-17H2,1-4H3;4-19,30-32H,1-3H3. The van der Waals surface area contributed by atoms with Crippen LogP contribution in [-0.4, -0.2) is 76.6 Å². The fourth-order valence-corrected chi connectivity index (χ4v) is 19.4. The number of hydrogen-bond acceptors (Lipinski definition) is 15. The average Bonchev–Trinajstić information content (AvgIpc) is 0.749. The fourth-order valence-electron chi connectivity index (χ4n) is 19.4. The molecule has 0 atom stereocenters. The molecule has 141 heavy (non-hydrogen) atoms. The lowest BCUT2D eigenvalue weighted by Crippen LogP contribution is -2.26. The zero-order valence-electron chi connectivity index (χ0n) is 84.3. The van der Waals surface area contributed by atoms with Crippen molar-refractivity contribution in [2.45, 2.75) is 200 Å². The monoisotopic (exact) mass is 1880 g/mol. The van der Waals surface area contributed by atoms with Gasteiger partial charge in [0.25, 0.3) is 0 Å². The quantitative estimate of drug-likeness (QED) is 0.0265. The van der Waals surface area contributed by atoms with Crippen molar-refractivity contribution < 1.29 is 76.6 Å². The third-order valence-corrected chi connectivity index (χ3v) is 28.8. The Morgan fingerprint density at radius 1 is 0.170 bits per heavy atom. The molecular weight excluding hydrogens is 1750 g/mol. The van der Waals surface area contributed by atoms with E-state index in [2.05, 4.69) is 71.0 Å². The lowest BCUT2D eigenvalue weighted by atomic mass is 9.70. The van der Waals surface area contributed by atoms with Crippen LogP contribution in [0.15, 0.2) is 255 Å². The second-order valence-corrected chi connectivity index (χ2v) is 39.2. The highest BCUT2D eigenvalue weighted by Crippen LogP contribution is 2.46. The number of hydrogen-bond donors (Lipinski definition) is 15. The van der Waals surface area contributed by atoms with Crippen molar-refractivity contribution in [3.05, 3.63) is 472 Å². The van der Waals surface area contributed by atoms with Gasteiger partial charge in [0.2, 0.25) is 0 Å². The molecule has 15 nitrogen and oxygen atoms in total. The van der Waals surface area contributed by atoms with E-state index in [1.54, 1.807) is 84.9 Å². The van der Waals surface area contributed by atoms with Crippen molar-refractivity contribution in [1.29, 1.82) is 0 Å². The zero-order chi connectivity index (χ0) is 102. The van der Waals surface area contributed by atoms with Crippen molar-refractivity contribution in [2.24, 2.45) is 0 Å². The first-order valence-corrected chi connectivity index (χ1v) is 47.8. The summed E-state index contributed by atoms with van der Waals surface area (Å²) in [5, 5.41) is 155. The summed E-state index contributed by atoms with van der Waals surface area (Å²) >= 11 is 0. The van der Waals surface area contributed by atoms with E-state index in [1.807, 2.05) is 230 Å². The molecule has 0 aliphatic carbocycles. The van der Waals surface area contributed by atoms with Gasteiger partial charge in [-0.15, -0.1) is 0 Å². The van der Waals surface area contributed by atoms with Gasteiger partial charge in [0.1, 0.15) is 86.2 Å². The molecule has 0 aliphatic rings. The van der Waals surface area contributed by atoms with Crippen LogP contribution in [0.1, 0.15) is 238 Å². The number of phenols is 15. The molecule has 15 heteroatoms. The lowest BCUT2D eigenvalue weighted by Gasteiger charge is -2.33. The molecule has 726 valence electrons. The Morgan fingerprint density at radius 2 is 0.369 bits per heavy atom. The molecule has 16 aromatic rings. The Hall–Kier alpha value is -15.5. The molecule has 16 rings (SSSR count). The highest BCUT2D eigenvalue weighted by Gasteiger charge is 2.34. The molecule has 0 radical (unpaired) electrons. The second kappa shape index (κ2) is 43.3. The Balaban J connectivity index is 0.000000158.